The first-order valence-electron chi connectivity index (χ1n) is 21.3. The number of hydrogen-bond donors (Lipinski definition) is 2. The second kappa shape index (κ2) is 15.7. The van der Waals surface area contributed by atoms with E-state index in [4.69, 9.17) is 20.9 Å². The van der Waals surface area contributed by atoms with E-state index in [0.29, 0.717) is 11.4 Å². The Morgan fingerprint density at radius 3 is 1.19 bits per heavy atom. The normalized spacial score (nSPS) is 12.0. The molecule has 0 radical (unpaired) electrons. The van der Waals surface area contributed by atoms with Crippen molar-refractivity contribution in [2.24, 2.45) is 0 Å². The molecule has 298 valence electrons. The summed E-state index contributed by atoms with van der Waals surface area (Å²) < 4.78 is 12.3. The molecule has 0 atom stereocenters. The van der Waals surface area contributed by atoms with Crippen molar-refractivity contribution >= 4 is 11.4 Å². The van der Waals surface area contributed by atoms with Crippen LogP contribution >= 0.6 is 0 Å². The molecule has 0 fully saturated rings. The van der Waals surface area contributed by atoms with Gasteiger partial charge in [-0.25, -0.2) is 0 Å². The fourth-order valence-corrected chi connectivity index (χ4v) is 9.56. The lowest BCUT2D eigenvalue weighted by Crippen LogP contribution is -1.99. The zero-order valence-corrected chi connectivity index (χ0v) is 34.3. The number of ether oxygens (including phenoxy) is 2. The van der Waals surface area contributed by atoms with Crippen molar-refractivity contribution in [2.45, 2.75) is 25.7 Å². The Morgan fingerprint density at radius 2 is 0.774 bits per heavy atom. The molecule has 0 bridgehead atoms. The van der Waals surface area contributed by atoms with Gasteiger partial charge < -0.3 is 20.9 Å². The van der Waals surface area contributed by atoms with Crippen molar-refractivity contribution in [1.82, 2.24) is 0 Å². The van der Waals surface area contributed by atoms with E-state index in [1.54, 1.807) is 0 Å². The molecule has 9 aromatic carbocycles. The first-order chi connectivity index (χ1) is 30.5. The number of nitrogens with two attached hydrogens (primary N) is 2. The molecule has 0 heterocycles. The predicted octanol–water partition coefficient (Wildman–Crippen LogP) is 14.1. The lowest BCUT2D eigenvalue weighted by atomic mass is 9.85. The van der Waals surface area contributed by atoms with Crippen LogP contribution in [-0.4, -0.2) is 0 Å². The van der Waals surface area contributed by atoms with Gasteiger partial charge in [-0.1, -0.05) is 133 Å². The average molecular weight is 801 g/mol. The fraction of sp³-hybridized carbons (Fsp3) is 0.0690. The van der Waals surface area contributed by atoms with E-state index in [2.05, 4.69) is 121 Å². The van der Waals surface area contributed by atoms with Crippen LogP contribution in [0.15, 0.2) is 194 Å². The monoisotopic (exact) mass is 800 g/mol. The smallest absolute Gasteiger partial charge is 0.129 e. The van der Waals surface area contributed by atoms with Crippen LogP contribution in [-0.2, 0) is 25.7 Å². The maximum absolute atomic E-state index is 6.13. The van der Waals surface area contributed by atoms with Crippen LogP contribution in [0.5, 0.6) is 23.0 Å². The van der Waals surface area contributed by atoms with Crippen LogP contribution in [0.2, 0.25) is 0 Å². The lowest BCUT2D eigenvalue weighted by molar-refractivity contribution is 0.482. The number of nitrogen functional groups attached to an aromatic ring is 2. The van der Waals surface area contributed by atoms with Gasteiger partial charge in [-0.15, -0.1) is 0 Å². The van der Waals surface area contributed by atoms with Crippen molar-refractivity contribution in [3.05, 3.63) is 239 Å². The number of hydrogen-bond acceptors (Lipinski definition) is 4. The molecule has 4 nitrogen and oxygen atoms in total. The minimum atomic E-state index is 0.681. The third-order valence-electron chi connectivity index (χ3n) is 12.4. The Bertz CT molecular complexity index is 2920. The summed E-state index contributed by atoms with van der Waals surface area (Å²) >= 11 is 0. The van der Waals surface area contributed by atoms with E-state index in [9.17, 15) is 0 Å². The van der Waals surface area contributed by atoms with Gasteiger partial charge in [-0.05, 0) is 163 Å². The molecule has 0 amide bonds. The van der Waals surface area contributed by atoms with Crippen molar-refractivity contribution in [3.8, 4) is 67.5 Å². The van der Waals surface area contributed by atoms with E-state index in [-0.39, 0.29) is 0 Å². The first kappa shape index (κ1) is 37.2. The Kier molecular flexibility index (Phi) is 9.39. The molecule has 2 aliphatic carbocycles. The summed E-state index contributed by atoms with van der Waals surface area (Å²) in [6.45, 7) is 0. The summed E-state index contributed by atoms with van der Waals surface area (Å²) in [5, 5.41) is 0. The SMILES string of the molecule is Nc1cccc(Oc2ccc(Cc3ccc4c(c3-c3ccc(-c5c(Cc6ccc(Oc7cccc(N)c7)cc6)ccc6c5Cc5ccccc5-6)cc3)Cc3ccccc3-4)cc2)c1. The molecule has 11 rings (SSSR count). The van der Waals surface area contributed by atoms with E-state index in [1.165, 1.54) is 89.0 Å². The molecule has 0 saturated heterocycles. The van der Waals surface area contributed by atoms with Gasteiger partial charge in [0.15, 0.2) is 0 Å². The zero-order chi connectivity index (χ0) is 41.6. The van der Waals surface area contributed by atoms with Gasteiger partial charge in [-0.2, -0.15) is 0 Å². The molecule has 62 heavy (non-hydrogen) atoms. The molecular weight excluding hydrogens is 757 g/mol. The molecule has 0 aromatic heterocycles. The van der Waals surface area contributed by atoms with E-state index >= 15 is 0 Å². The standard InChI is InChI=1S/C58H44N2O2/c59-45-9-5-11-49(35-45)61-47-25-15-37(16-26-47)31-43-23-29-53-51-13-3-1-7-41(51)33-55(53)57(43)39-19-21-40(22-20-39)58-44(24-30-54-52-14-4-2-8-42(52)34-56(54)58)32-38-17-27-48(28-18-38)62-50-12-6-10-46(60)36-50/h1-30,35-36H,31-34,59-60H2. The highest BCUT2D eigenvalue weighted by Gasteiger charge is 2.26. The number of rotatable bonds is 10. The van der Waals surface area contributed by atoms with Crippen LogP contribution in [0.4, 0.5) is 11.4 Å². The van der Waals surface area contributed by atoms with E-state index in [1.807, 2.05) is 72.8 Å². The fourth-order valence-electron chi connectivity index (χ4n) is 9.56. The highest BCUT2D eigenvalue weighted by molar-refractivity contribution is 5.89. The Hall–Kier alpha value is -7.82. The van der Waals surface area contributed by atoms with Crippen molar-refractivity contribution in [2.75, 3.05) is 11.5 Å². The van der Waals surface area contributed by atoms with Crippen molar-refractivity contribution in [3.63, 3.8) is 0 Å². The van der Waals surface area contributed by atoms with Gasteiger partial charge in [0, 0.05) is 23.5 Å². The summed E-state index contributed by atoms with van der Waals surface area (Å²) in [4.78, 5) is 0. The van der Waals surface area contributed by atoms with Crippen molar-refractivity contribution in [1.29, 1.82) is 0 Å². The third-order valence-corrected chi connectivity index (χ3v) is 12.4. The minimum Gasteiger partial charge on any atom is -0.457 e. The van der Waals surface area contributed by atoms with E-state index in [0.717, 1.165) is 48.7 Å². The van der Waals surface area contributed by atoms with Gasteiger partial charge >= 0.3 is 0 Å². The minimum absolute atomic E-state index is 0.681. The summed E-state index contributed by atoms with van der Waals surface area (Å²) in [5.41, 5.74) is 34.5. The van der Waals surface area contributed by atoms with Gasteiger partial charge in [0.25, 0.3) is 0 Å². The topological polar surface area (TPSA) is 70.5 Å². The molecule has 0 spiro atoms. The largest absolute Gasteiger partial charge is 0.457 e. The molecule has 4 N–H and O–H groups in total. The van der Waals surface area contributed by atoms with Gasteiger partial charge in [0.05, 0.1) is 0 Å². The van der Waals surface area contributed by atoms with Gasteiger partial charge in [-0.3, -0.25) is 0 Å². The van der Waals surface area contributed by atoms with Crippen LogP contribution in [0.25, 0.3) is 44.5 Å². The third kappa shape index (κ3) is 7.16. The molecule has 0 unspecified atom stereocenters. The molecule has 0 aliphatic heterocycles. The van der Waals surface area contributed by atoms with Gasteiger partial charge in [0.1, 0.15) is 23.0 Å². The highest BCUT2D eigenvalue weighted by Crippen LogP contribution is 2.47. The molecule has 2 aliphatic rings. The quantitative estimate of drug-likeness (QED) is 0.135. The van der Waals surface area contributed by atoms with Gasteiger partial charge in [0.2, 0.25) is 0 Å². The summed E-state index contributed by atoms with van der Waals surface area (Å²) in [6, 6.07) is 68.4. The molecule has 9 aromatic rings. The van der Waals surface area contributed by atoms with Crippen LogP contribution < -0.4 is 20.9 Å². The molecule has 0 saturated carbocycles. The van der Waals surface area contributed by atoms with Crippen LogP contribution in [0.3, 0.4) is 0 Å². The Morgan fingerprint density at radius 1 is 0.355 bits per heavy atom. The highest BCUT2D eigenvalue weighted by atomic mass is 16.5. The van der Waals surface area contributed by atoms with Crippen molar-refractivity contribution < 1.29 is 9.47 Å². The Labute approximate surface area is 362 Å². The zero-order valence-electron chi connectivity index (χ0n) is 34.3. The number of anilines is 2. The first-order valence-corrected chi connectivity index (χ1v) is 21.3. The molecule has 4 heteroatoms. The number of benzene rings is 9. The number of fused-ring (bicyclic) bond motifs is 6. The van der Waals surface area contributed by atoms with E-state index < -0.39 is 0 Å². The predicted molar refractivity (Wildman–Crippen MR) is 254 cm³/mol. The summed E-state index contributed by atoms with van der Waals surface area (Å²) in [5.74, 6) is 3.03. The lowest BCUT2D eigenvalue weighted by Gasteiger charge is -2.19. The summed E-state index contributed by atoms with van der Waals surface area (Å²) in [6.07, 6.45) is 3.44. The second-order valence-electron chi connectivity index (χ2n) is 16.5. The molecular formula is C58H44N2O2. The maximum Gasteiger partial charge on any atom is 0.129 e. The summed E-state index contributed by atoms with van der Waals surface area (Å²) in [7, 11) is 0. The van der Waals surface area contributed by atoms with Crippen LogP contribution in [0.1, 0.15) is 44.5 Å². The second-order valence-corrected chi connectivity index (χ2v) is 16.5. The average Bonchev–Trinajstić information content (AvgIpc) is 3.86. The maximum atomic E-state index is 6.13. The Balaban J connectivity index is 0.943. The van der Waals surface area contributed by atoms with Crippen LogP contribution in [0, 0.1) is 0 Å².